The molecule has 0 unspecified atom stereocenters. The molecule has 0 aliphatic rings. The largest absolute Gasteiger partial charge is 0.264 e. The van der Waals surface area contributed by atoms with Gasteiger partial charge in [0.05, 0.1) is 0 Å². The highest BCUT2D eigenvalue weighted by Gasteiger charge is 2.06. The van der Waals surface area contributed by atoms with Crippen LogP contribution in [-0.2, 0) is 5.88 Å². The van der Waals surface area contributed by atoms with Gasteiger partial charge in [-0.05, 0) is 17.7 Å². The Labute approximate surface area is 91.8 Å². The molecule has 2 rings (SSSR count). The third-order valence-electron chi connectivity index (χ3n) is 2.07. The predicted octanol–water partition coefficient (Wildman–Crippen LogP) is 3.02. The van der Waals surface area contributed by atoms with Gasteiger partial charge in [0.1, 0.15) is 0 Å². The lowest BCUT2D eigenvalue weighted by Gasteiger charge is -2.05. The Bertz CT molecular complexity index is 459. The fraction of sp³-hybridized carbons (Fsp3) is 0.0909. The lowest BCUT2D eigenvalue weighted by Crippen LogP contribution is -1.91. The number of rotatable bonds is 2. The van der Waals surface area contributed by atoms with E-state index in [1.165, 1.54) is 12.3 Å². The molecule has 2 heterocycles. The monoisotopic (exact) mass is 222 g/mol. The first-order chi connectivity index (χ1) is 7.31. The molecule has 2 aromatic rings. The molecule has 76 valence electrons. The summed E-state index contributed by atoms with van der Waals surface area (Å²) >= 11 is 5.74. The van der Waals surface area contributed by atoms with Gasteiger partial charge in [-0.15, -0.1) is 11.6 Å². The second-order valence-corrected chi connectivity index (χ2v) is 3.31. The van der Waals surface area contributed by atoms with Gasteiger partial charge in [-0.1, -0.05) is 6.07 Å². The maximum atomic E-state index is 12.9. The van der Waals surface area contributed by atoms with E-state index in [1.807, 2.05) is 12.1 Å². The normalized spacial score (nSPS) is 10.3. The number of hydrogen-bond donors (Lipinski definition) is 0. The van der Waals surface area contributed by atoms with E-state index in [0.29, 0.717) is 0 Å². The van der Waals surface area contributed by atoms with Crippen molar-refractivity contribution in [2.75, 3.05) is 0 Å². The summed E-state index contributed by atoms with van der Waals surface area (Å²) in [6.07, 6.45) is 4.86. The van der Waals surface area contributed by atoms with Gasteiger partial charge in [0.15, 0.2) is 0 Å². The molecule has 0 N–H and O–H groups in total. The number of halogens is 2. The minimum atomic E-state index is -0.515. The Morgan fingerprint density at radius 3 is 2.87 bits per heavy atom. The summed E-state index contributed by atoms with van der Waals surface area (Å²) in [5, 5.41) is 0. The van der Waals surface area contributed by atoms with Crippen LogP contribution in [0, 0.1) is 5.95 Å². The maximum Gasteiger partial charge on any atom is 0.213 e. The van der Waals surface area contributed by atoms with E-state index in [0.717, 1.165) is 16.7 Å². The predicted molar refractivity (Wildman–Crippen MR) is 57.0 cm³/mol. The van der Waals surface area contributed by atoms with E-state index in [9.17, 15) is 4.39 Å². The van der Waals surface area contributed by atoms with Gasteiger partial charge in [0.2, 0.25) is 5.95 Å². The molecular formula is C11H8ClFN2. The van der Waals surface area contributed by atoms with Gasteiger partial charge in [-0.3, -0.25) is 4.98 Å². The third-order valence-corrected chi connectivity index (χ3v) is 2.36. The molecule has 2 aromatic heterocycles. The molecular weight excluding hydrogens is 215 g/mol. The molecule has 0 amide bonds. The van der Waals surface area contributed by atoms with Crippen molar-refractivity contribution in [1.82, 2.24) is 9.97 Å². The quantitative estimate of drug-likeness (QED) is 0.577. The molecule has 0 atom stereocenters. The lowest BCUT2D eigenvalue weighted by molar-refractivity contribution is 0.582. The van der Waals surface area contributed by atoms with Crippen LogP contribution >= 0.6 is 11.6 Å². The van der Waals surface area contributed by atoms with E-state index < -0.39 is 5.95 Å². The zero-order valence-electron chi connectivity index (χ0n) is 7.82. The Morgan fingerprint density at radius 1 is 1.33 bits per heavy atom. The van der Waals surface area contributed by atoms with Crippen LogP contribution in [0.2, 0.25) is 0 Å². The molecule has 0 aromatic carbocycles. The second-order valence-electron chi connectivity index (χ2n) is 3.04. The molecule has 0 saturated heterocycles. The van der Waals surface area contributed by atoms with Gasteiger partial charge in [-0.25, -0.2) is 4.98 Å². The van der Waals surface area contributed by atoms with Gasteiger partial charge in [-0.2, -0.15) is 4.39 Å². The number of alkyl halides is 1. The van der Waals surface area contributed by atoms with Gasteiger partial charge in [0, 0.05) is 35.6 Å². The van der Waals surface area contributed by atoms with Crippen molar-refractivity contribution in [3.63, 3.8) is 0 Å². The van der Waals surface area contributed by atoms with Gasteiger partial charge < -0.3 is 0 Å². The van der Waals surface area contributed by atoms with E-state index in [1.54, 1.807) is 12.4 Å². The summed E-state index contributed by atoms with van der Waals surface area (Å²) in [7, 11) is 0. The molecule has 0 radical (unpaired) electrons. The molecule has 4 heteroatoms. The van der Waals surface area contributed by atoms with E-state index in [-0.39, 0.29) is 5.88 Å². The van der Waals surface area contributed by atoms with Crippen LogP contribution in [0.25, 0.3) is 11.1 Å². The Balaban J connectivity index is 2.53. The fourth-order valence-electron chi connectivity index (χ4n) is 1.36. The van der Waals surface area contributed by atoms with Crippen molar-refractivity contribution < 1.29 is 4.39 Å². The van der Waals surface area contributed by atoms with Crippen molar-refractivity contribution >= 4 is 11.6 Å². The molecule has 0 spiro atoms. The maximum absolute atomic E-state index is 12.9. The molecule has 2 nitrogen and oxygen atoms in total. The first-order valence-corrected chi connectivity index (χ1v) is 4.95. The van der Waals surface area contributed by atoms with Crippen molar-refractivity contribution in [3.05, 3.63) is 48.3 Å². The standard InChI is InChI=1S/C11H8ClFN2/c12-5-9-4-11(13)15-7-10(9)8-2-1-3-14-6-8/h1-4,6-7H,5H2. The minimum Gasteiger partial charge on any atom is -0.264 e. The van der Waals surface area contributed by atoms with Gasteiger partial charge >= 0.3 is 0 Å². The first-order valence-electron chi connectivity index (χ1n) is 4.42. The molecule has 0 bridgehead atoms. The average molecular weight is 223 g/mol. The summed E-state index contributed by atoms with van der Waals surface area (Å²) < 4.78 is 12.9. The molecule has 0 aliphatic carbocycles. The highest BCUT2D eigenvalue weighted by atomic mass is 35.5. The highest BCUT2D eigenvalue weighted by Crippen LogP contribution is 2.23. The highest BCUT2D eigenvalue weighted by molar-refractivity contribution is 6.17. The van der Waals surface area contributed by atoms with Crippen LogP contribution in [0.15, 0.2) is 36.8 Å². The summed E-state index contributed by atoms with van der Waals surface area (Å²) in [4.78, 5) is 7.61. The molecule has 0 fully saturated rings. The van der Waals surface area contributed by atoms with Gasteiger partial charge in [0.25, 0.3) is 0 Å². The third kappa shape index (κ3) is 2.13. The van der Waals surface area contributed by atoms with Crippen molar-refractivity contribution in [2.45, 2.75) is 5.88 Å². The zero-order valence-corrected chi connectivity index (χ0v) is 8.58. The van der Waals surface area contributed by atoms with Crippen LogP contribution in [0.4, 0.5) is 4.39 Å². The SMILES string of the molecule is Fc1cc(CCl)c(-c2cccnc2)cn1. The Hall–Kier alpha value is -1.48. The van der Waals surface area contributed by atoms with Crippen molar-refractivity contribution in [2.24, 2.45) is 0 Å². The van der Waals surface area contributed by atoms with Crippen molar-refractivity contribution in [1.29, 1.82) is 0 Å². The summed E-state index contributed by atoms with van der Waals surface area (Å²) in [5.74, 6) is -0.262. The Morgan fingerprint density at radius 2 is 2.20 bits per heavy atom. The molecule has 0 aliphatic heterocycles. The lowest BCUT2D eigenvalue weighted by atomic mass is 10.1. The summed E-state index contributed by atoms with van der Waals surface area (Å²) in [6.45, 7) is 0. The Kier molecular flexibility index (Phi) is 2.92. The number of nitrogens with zero attached hydrogens (tertiary/aromatic N) is 2. The van der Waals surface area contributed by atoms with E-state index in [4.69, 9.17) is 11.6 Å². The minimum absolute atomic E-state index is 0.254. The summed E-state index contributed by atoms with van der Waals surface area (Å²) in [6, 6.07) is 5.05. The average Bonchev–Trinajstić information content (AvgIpc) is 2.30. The first kappa shape index (κ1) is 10.1. The van der Waals surface area contributed by atoms with Crippen LogP contribution < -0.4 is 0 Å². The molecule has 0 saturated carbocycles. The topological polar surface area (TPSA) is 25.8 Å². The van der Waals surface area contributed by atoms with Crippen LogP contribution in [0.3, 0.4) is 0 Å². The smallest absolute Gasteiger partial charge is 0.213 e. The fourth-order valence-corrected chi connectivity index (χ4v) is 1.58. The van der Waals surface area contributed by atoms with E-state index >= 15 is 0 Å². The molecule has 15 heavy (non-hydrogen) atoms. The van der Waals surface area contributed by atoms with Crippen molar-refractivity contribution in [3.8, 4) is 11.1 Å². The van der Waals surface area contributed by atoms with Crippen LogP contribution in [0.5, 0.6) is 0 Å². The second kappa shape index (κ2) is 4.36. The summed E-state index contributed by atoms with van der Waals surface area (Å²) in [5.41, 5.74) is 2.43. The number of pyridine rings is 2. The van der Waals surface area contributed by atoms with E-state index in [2.05, 4.69) is 9.97 Å². The van der Waals surface area contributed by atoms with Crippen LogP contribution in [0.1, 0.15) is 5.56 Å². The number of aromatic nitrogens is 2. The van der Waals surface area contributed by atoms with Crippen LogP contribution in [-0.4, -0.2) is 9.97 Å². The zero-order chi connectivity index (χ0) is 10.7. The number of hydrogen-bond acceptors (Lipinski definition) is 2.